The van der Waals surface area contributed by atoms with Crippen molar-refractivity contribution < 1.29 is 0 Å². The summed E-state index contributed by atoms with van der Waals surface area (Å²) < 4.78 is 2.43. The molecule has 0 aromatic carbocycles. The molecule has 114 valence electrons. The Labute approximate surface area is 127 Å². The zero-order valence-electron chi connectivity index (χ0n) is 12.9. The van der Waals surface area contributed by atoms with E-state index >= 15 is 0 Å². The van der Waals surface area contributed by atoms with E-state index in [1.807, 2.05) is 0 Å². The van der Waals surface area contributed by atoms with Crippen LogP contribution in [0.1, 0.15) is 69.1 Å². The van der Waals surface area contributed by atoms with Gasteiger partial charge in [-0.3, -0.25) is 4.90 Å². The number of hydrogen-bond acceptors (Lipinski definition) is 3. The molecule has 0 saturated carbocycles. The van der Waals surface area contributed by atoms with Crippen LogP contribution in [0.25, 0.3) is 0 Å². The van der Waals surface area contributed by atoms with Gasteiger partial charge in [-0.1, -0.05) is 18.6 Å². The number of aromatic nitrogens is 3. The topological polar surface area (TPSA) is 34.0 Å². The Morgan fingerprint density at radius 3 is 2.81 bits per heavy atom. The lowest BCUT2D eigenvalue weighted by Gasteiger charge is -2.40. The van der Waals surface area contributed by atoms with Gasteiger partial charge in [-0.15, -0.1) is 10.2 Å². The van der Waals surface area contributed by atoms with Crippen LogP contribution in [0.2, 0.25) is 0 Å². The highest BCUT2D eigenvalue weighted by Crippen LogP contribution is 2.35. The predicted molar refractivity (Wildman–Crippen MR) is 83.0 cm³/mol. The minimum Gasteiger partial charge on any atom is -0.314 e. The van der Waals surface area contributed by atoms with Crippen molar-refractivity contribution in [2.45, 2.75) is 76.4 Å². The van der Waals surface area contributed by atoms with Gasteiger partial charge in [0.15, 0.2) is 0 Å². The Kier molecular flexibility index (Phi) is 3.80. The molecule has 1 aromatic rings. The third-order valence-corrected chi connectivity index (χ3v) is 5.39. The van der Waals surface area contributed by atoms with Gasteiger partial charge in [0, 0.05) is 19.0 Å². The summed E-state index contributed by atoms with van der Waals surface area (Å²) in [6, 6.07) is 1.12. The fourth-order valence-corrected chi connectivity index (χ4v) is 4.28. The van der Waals surface area contributed by atoms with Crippen LogP contribution in [-0.4, -0.2) is 32.3 Å². The molecule has 1 aromatic heterocycles. The molecule has 1 saturated heterocycles. The first-order valence-electron chi connectivity index (χ1n) is 8.78. The van der Waals surface area contributed by atoms with Crippen molar-refractivity contribution in [1.29, 1.82) is 0 Å². The van der Waals surface area contributed by atoms with Gasteiger partial charge in [0.25, 0.3) is 0 Å². The van der Waals surface area contributed by atoms with E-state index in [9.17, 15) is 0 Å². The molecule has 0 N–H and O–H groups in total. The van der Waals surface area contributed by atoms with Gasteiger partial charge in [-0.25, -0.2) is 0 Å². The Hall–Kier alpha value is -1.16. The van der Waals surface area contributed by atoms with Crippen LogP contribution in [0.4, 0.5) is 0 Å². The lowest BCUT2D eigenvalue weighted by molar-refractivity contribution is 0.0997. The number of likely N-dealkylation sites (tertiary alicyclic amines) is 1. The van der Waals surface area contributed by atoms with Crippen molar-refractivity contribution in [3.63, 3.8) is 0 Å². The summed E-state index contributed by atoms with van der Waals surface area (Å²) in [6.07, 6.45) is 16.3. The first kappa shape index (κ1) is 13.5. The molecule has 3 aliphatic rings. The van der Waals surface area contributed by atoms with Crippen molar-refractivity contribution in [3.8, 4) is 0 Å². The molecule has 2 atom stereocenters. The Morgan fingerprint density at radius 1 is 0.952 bits per heavy atom. The van der Waals surface area contributed by atoms with Crippen molar-refractivity contribution >= 4 is 0 Å². The molecule has 0 unspecified atom stereocenters. The standard InChI is InChI=1S/C17H26N4/c1-2-8-14(9-3-1)20-12-6-4-10-15(20)17-19-18-16-11-5-7-13-21(16)17/h2,8,14-15H,1,3-7,9-13H2/t14-,15-/m1/s1. The minimum atomic E-state index is 0.492. The van der Waals surface area contributed by atoms with E-state index in [1.54, 1.807) is 0 Å². The van der Waals surface area contributed by atoms with E-state index in [-0.39, 0.29) is 0 Å². The fourth-order valence-electron chi connectivity index (χ4n) is 4.28. The lowest BCUT2D eigenvalue weighted by Crippen LogP contribution is -2.42. The third kappa shape index (κ3) is 2.54. The molecule has 21 heavy (non-hydrogen) atoms. The van der Waals surface area contributed by atoms with Crippen LogP contribution in [0, 0.1) is 0 Å². The van der Waals surface area contributed by atoms with Crippen LogP contribution in [-0.2, 0) is 13.0 Å². The van der Waals surface area contributed by atoms with Crippen LogP contribution < -0.4 is 0 Å². The van der Waals surface area contributed by atoms with E-state index in [0.29, 0.717) is 12.1 Å². The molecule has 4 heteroatoms. The average molecular weight is 286 g/mol. The Morgan fingerprint density at radius 2 is 1.90 bits per heavy atom. The van der Waals surface area contributed by atoms with Crippen LogP contribution in [0.15, 0.2) is 12.2 Å². The highest BCUT2D eigenvalue weighted by molar-refractivity contribution is 5.08. The predicted octanol–water partition coefficient (Wildman–Crippen LogP) is 3.25. The number of rotatable bonds is 2. The van der Waals surface area contributed by atoms with E-state index < -0.39 is 0 Å². The lowest BCUT2D eigenvalue weighted by atomic mass is 9.94. The number of fused-ring (bicyclic) bond motifs is 1. The quantitative estimate of drug-likeness (QED) is 0.783. The summed E-state index contributed by atoms with van der Waals surface area (Å²) in [6.45, 7) is 2.35. The molecule has 1 fully saturated rings. The van der Waals surface area contributed by atoms with E-state index in [4.69, 9.17) is 0 Å². The molecular weight excluding hydrogens is 260 g/mol. The molecule has 0 radical (unpaired) electrons. The molecule has 3 heterocycles. The SMILES string of the molecule is C1=C[C@@H](N2CCCC[C@@H]2c2nnc3n2CCCC3)CCC1. The summed E-state index contributed by atoms with van der Waals surface area (Å²) in [7, 11) is 0. The maximum atomic E-state index is 4.61. The van der Waals surface area contributed by atoms with Gasteiger partial charge in [0.05, 0.1) is 6.04 Å². The van der Waals surface area contributed by atoms with Gasteiger partial charge in [-0.2, -0.15) is 0 Å². The van der Waals surface area contributed by atoms with E-state index in [2.05, 4.69) is 31.8 Å². The second-order valence-corrected chi connectivity index (χ2v) is 6.76. The van der Waals surface area contributed by atoms with Crippen LogP contribution in [0.3, 0.4) is 0 Å². The normalized spacial score (nSPS) is 30.3. The minimum absolute atomic E-state index is 0.492. The summed E-state index contributed by atoms with van der Waals surface area (Å²) in [5.41, 5.74) is 0. The number of allylic oxidation sites excluding steroid dienone is 1. The molecule has 0 spiro atoms. The van der Waals surface area contributed by atoms with Crippen LogP contribution in [0.5, 0.6) is 0 Å². The van der Waals surface area contributed by atoms with Gasteiger partial charge in [-0.05, 0) is 51.5 Å². The highest BCUT2D eigenvalue weighted by atomic mass is 15.3. The van der Waals surface area contributed by atoms with Crippen molar-refractivity contribution in [2.75, 3.05) is 6.54 Å². The Bertz CT molecular complexity index is 519. The van der Waals surface area contributed by atoms with Gasteiger partial charge >= 0.3 is 0 Å². The Balaban J connectivity index is 1.63. The molecule has 1 aliphatic carbocycles. The molecule has 0 bridgehead atoms. The monoisotopic (exact) mass is 286 g/mol. The van der Waals surface area contributed by atoms with Crippen molar-refractivity contribution in [2.24, 2.45) is 0 Å². The average Bonchev–Trinajstić information content (AvgIpc) is 3.00. The van der Waals surface area contributed by atoms with Crippen molar-refractivity contribution in [1.82, 2.24) is 19.7 Å². The maximum Gasteiger partial charge on any atom is 0.150 e. The van der Waals surface area contributed by atoms with Gasteiger partial charge in [0.2, 0.25) is 0 Å². The zero-order chi connectivity index (χ0) is 14.1. The highest BCUT2D eigenvalue weighted by Gasteiger charge is 2.33. The van der Waals surface area contributed by atoms with Crippen LogP contribution >= 0.6 is 0 Å². The third-order valence-electron chi connectivity index (χ3n) is 5.39. The summed E-state index contributed by atoms with van der Waals surface area (Å²) in [5.74, 6) is 2.48. The zero-order valence-corrected chi connectivity index (χ0v) is 12.9. The fraction of sp³-hybridized carbons (Fsp3) is 0.765. The molecule has 0 amide bonds. The number of nitrogens with zero attached hydrogens (tertiary/aromatic N) is 4. The number of aryl methyl sites for hydroxylation is 1. The second-order valence-electron chi connectivity index (χ2n) is 6.76. The summed E-state index contributed by atoms with van der Waals surface area (Å²) >= 11 is 0. The number of hydrogen-bond donors (Lipinski definition) is 0. The smallest absolute Gasteiger partial charge is 0.150 e. The van der Waals surface area contributed by atoms with Crippen molar-refractivity contribution in [3.05, 3.63) is 23.8 Å². The first-order valence-corrected chi connectivity index (χ1v) is 8.78. The first-order chi connectivity index (χ1) is 10.4. The second kappa shape index (κ2) is 5.91. The molecule has 4 rings (SSSR count). The largest absolute Gasteiger partial charge is 0.314 e. The maximum absolute atomic E-state index is 4.61. The van der Waals surface area contributed by atoms with Gasteiger partial charge < -0.3 is 4.57 Å². The van der Waals surface area contributed by atoms with Gasteiger partial charge in [0.1, 0.15) is 11.6 Å². The number of piperidine rings is 1. The summed E-state index contributed by atoms with van der Waals surface area (Å²) in [5, 5.41) is 9.09. The summed E-state index contributed by atoms with van der Waals surface area (Å²) in [4.78, 5) is 2.71. The molecule has 4 nitrogen and oxygen atoms in total. The molecule has 2 aliphatic heterocycles. The molecular formula is C17H26N4. The van der Waals surface area contributed by atoms with E-state index in [1.165, 1.54) is 69.6 Å². The van der Waals surface area contributed by atoms with E-state index in [0.717, 1.165) is 13.0 Å².